The molecule has 21 heavy (non-hydrogen) atoms. The van der Waals surface area contributed by atoms with Gasteiger partial charge in [-0.25, -0.2) is 4.99 Å². The third-order valence-electron chi connectivity index (χ3n) is 4.55. The van der Waals surface area contributed by atoms with E-state index in [4.69, 9.17) is 4.99 Å². The average Bonchev–Trinajstić information content (AvgIpc) is 2.92. The average molecular weight is 273 g/mol. The first-order valence-corrected chi connectivity index (χ1v) is 7.42. The Hall–Kier alpha value is -2.55. The third-order valence-corrected chi connectivity index (χ3v) is 4.55. The Labute approximate surface area is 122 Å². The molecule has 0 saturated carbocycles. The predicted octanol–water partition coefficient (Wildman–Crippen LogP) is 3.62. The van der Waals surface area contributed by atoms with E-state index in [2.05, 4.69) is 58.4 Å². The van der Waals surface area contributed by atoms with E-state index in [-0.39, 0.29) is 0 Å². The van der Waals surface area contributed by atoms with Crippen LogP contribution in [0, 0.1) is 0 Å². The predicted molar refractivity (Wildman–Crippen MR) is 85.1 cm³/mol. The third kappa shape index (κ3) is 1.51. The number of nitrogens with zero attached hydrogens (tertiary/aromatic N) is 2. The van der Waals surface area contributed by atoms with Crippen LogP contribution in [0.5, 0.6) is 0 Å². The van der Waals surface area contributed by atoms with E-state index in [1.807, 2.05) is 0 Å². The minimum absolute atomic E-state index is 0.962. The van der Waals surface area contributed by atoms with Crippen molar-refractivity contribution >= 4 is 22.4 Å². The molecular weight excluding hydrogens is 258 g/mol. The number of aromatic amines is 1. The molecule has 0 amide bonds. The molecule has 102 valence electrons. The molecule has 5 rings (SSSR count). The van der Waals surface area contributed by atoms with E-state index in [0.29, 0.717) is 0 Å². The Balaban J connectivity index is 1.77. The van der Waals surface area contributed by atoms with Crippen molar-refractivity contribution in [3.63, 3.8) is 0 Å². The van der Waals surface area contributed by atoms with E-state index in [1.165, 1.54) is 27.7 Å². The lowest BCUT2D eigenvalue weighted by atomic mass is 10.00. The number of hydrogen-bond acceptors (Lipinski definition) is 2. The molecular formula is C18H15N3. The lowest BCUT2D eigenvalue weighted by molar-refractivity contribution is 0.402. The normalized spacial score (nSPS) is 16.2. The molecule has 2 aliphatic heterocycles. The molecule has 0 unspecified atom stereocenters. The van der Waals surface area contributed by atoms with E-state index in [1.54, 1.807) is 0 Å². The van der Waals surface area contributed by atoms with Gasteiger partial charge in [0, 0.05) is 24.0 Å². The SMILES string of the molecule is c1ccc2c(c1)CN1CCc3c([nH]c4ccccc34)C1=N2. The van der Waals surface area contributed by atoms with Crippen LogP contribution in [0.15, 0.2) is 53.5 Å². The first-order valence-electron chi connectivity index (χ1n) is 7.42. The Morgan fingerprint density at radius 2 is 1.86 bits per heavy atom. The minimum atomic E-state index is 0.962. The van der Waals surface area contributed by atoms with Gasteiger partial charge < -0.3 is 9.88 Å². The van der Waals surface area contributed by atoms with Crippen molar-refractivity contribution in [3.8, 4) is 0 Å². The van der Waals surface area contributed by atoms with Gasteiger partial charge in [0.05, 0.1) is 11.4 Å². The second kappa shape index (κ2) is 3.98. The highest BCUT2D eigenvalue weighted by Crippen LogP contribution is 2.34. The molecule has 2 aromatic carbocycles. The van der Waals surface area contributed by atoms with E-state index in [0.717, 1.165) is 31.0 Å². The number of fused-ring (bicyclic) bond motifs is 6. The second-order valence-corrected chi connectivity index (χ2v) is 5.76. The molecule has 3 nitrogen and oxygen atoms in total. The van der Waals surface area contributed by atoms with Crippen LogP contribution in [-0.4, -0.2) is 22.3 Å². The van der Waals surface area contributed by atoms with Gasteiger partial charge in [0.25, 0.3) is 0 Å². The summed E-state index contributed by atoms with van der Waals surface area (Å²) in [7, 11) is 0. The quantitative estimate of drug-likeness (QED) is 0.666. The maximum Gasteiger partial charge on any atom is 0.153 e. The summed E-state index contributed by atoms with van der Waals surface area (Å²) in [4.78, 5) is 10.9. The zero-order valence-corrected chi connectivity index (χ0v) is 11.6. The number of aromatic nitrogens is 1. The van der Waals surface area contributed by atoms with Crippen LogP contribution < -0.4 is 0 Å². The number of hydrogen-bond donors (Lipinski definition) is 1. The molecule has 0 spiro atoms. The van der Waals surface area contributed by atoms with Crippen LogP contribution in [0.2, 0.25) is 0 Å². The maximum atomic E-state index is 4.92. The van der Waals surface area contributed by atoms with Crippen molar-refractivity contribution in [1.29, 1.82) is 0 Å². The van der Waals surface area contributed by atoms with Crippen LogP contribution in [0.1, 0.15) is 16.8 Å². The van der Waals surface area contributed by atoms with Gasteiger partial charge in [-0.15, -0.1) is 0 Å². The topological polar surface area (TPSA) is 31.4 Å². The van der Waals surface area contributed by atoms with E-state index >= 15 is 0 Å². The van der Waals surface area contributed by atoms with Crippen molar-refractivity contribution in [1.82, 2.24) is 9.88 Å². The summed E-state index contributed by atoms with van der Waals surface area (Å²) in [5, 5.41) is 1.34. The van der Waals surface area contributed by atoms with Crippen molar-refractivity contribution in [2.75, 3.05) is 6.54 Å². The summed E-state index contributed by atoms with van der Waals surface area (Å²) < 4.78 is 0. The Morgan fingerprint density at radius 1 is 1.00 bits per heavy atom. The Morgan fingerprint density at radius 3 is 2.86 bits per heavy atom. The summed E-state index contributed by atoms with van der Waals surface area (Å²) in [5.41, 5.74) is 6.26. The smallest absolute Gasteiger partial charge is 0.153 e. The summed E-state index contributed by atoms with van der Waals surface area (Å²) in [5.74, 6) is 1.10. The highest BCUT2D eigenvalue weighted by atomic mass is 15.2. The molecule has 3 heteroatoms. The highest BCUT2D eigenvalue weighted by molar-refractivity contribution is 6.06. The standard InChI is InChI=1S/C18H15N3/c1-3-7-15-12(5-1)11-21-10-9-14-13-6-2-4-8-16(13)19-17(14)18(21)20-15/h1-8,19H,9-11H2. The number of rotatable bonds is 0. The summed E-state index contributed by atoms with van der Waals surface area (Å²) in [6.45, 7) is 2.01. The van der Waals surface area contributed by atoms with Crippen molar-refractivity contribution in [3.05, 3.63) is 65.4 Å². The zero-order valence-electron chi connectivity index (χ0n) is 11.6. The van der Waals surface area contributed by atoms with Gasteiger partial charge in [-0.3, -0.25) is 0 Å². The largest absolute Gasteiger partial charge is 0.352 e. The van der Waals surface area contributed by atoms with E-state index in [9.17, 15) is 0 Å². The van der Waals surface area contributed by atoms with Crippen LogP contribution in [0.4, 0.5) is 5.69 Å². The Kier molecular flexibility index (Phi) is 2.11. The van der Waals surface area contributed by atoms with Crippen LogP contribution in [-0.2, 0) is 13.0 Å². The molecule has 0 bridgehead atoms. The number of H-pyrrole nitrogens is 1. The molecule has 2 aliphatic rings. The van der Waals surface area contributed by atoms with Gasteiger partial charge in [-0.2, -0.15) is 0 Å². The van der Waals surface area contributed by atoms with Gasteiger partial charge in [-0.1, -0.05) is 36.4 Å². The lowest BCUT2D eigenvalue weighted by Gasteiger charge is -2.33. The molecule has 0 aliphatic carbocycles. The number of para-hydroxylation sites is 2. The van der Waals surface area contributed by atoms with Gasteiger partial charge in [0.15, 0.2) is 5.84 Å². The second-order valence-electron chi connectivity index (χ2n) is 5.76. The molecule has 3 heterocycles. The summed E-state index contributed by atoms with van der Waals surface area (Å²) >= 11 is 0. The van der Waals surface area contributed by atoms with Crippen molar-refractivity contribution in [2.45, 2.75) is 13.0 Å². The molecule has 0 radical (unpaired) electrons. The van der Waals surface area contributed by atoms with Crippen molar-refractivity contribution < 1.29 is 0 Å². The number of aliphatic imine (C=N–C) groups is 1. The van der Waals surface area contributed by atoms with Crippen molar-refractivity contribution in [2.24, 2.45) is 4.99 Å². The molecule has 1 aromatic heterocycles. The first kappa shape index (κ1) is 11.1. The highest BCUT2D eigenvalue weighted by Gasteiger charge is 2.29. The number of benzene rings is 2. The fourth-order valence-electron chi connectivity index (χ4n) is 3.52. The number of nitrogens with one attached hydrogen (secondary N) is 1. The fraction of sp³-hybridized carbons (Fsp3) is 0.167. The van der Waals surface area contributed by atoms with Gasteiger partial charge >= 0.3 is 0 Å². The maximum absolute atomic E-state index is 4.92. The van der Waals surface area contributed by atoms with Gasteiger partial charge in [0.1, 0.15) is 0 Å². The van der Waals surface area contributed by atoms with Crippen LogP contribution >= 0.6 is 0 Å². The van der Waals surface area contributed by atoms with Gasteiger partial charge in [0.2, 0.25) is 0 Å². The molecule has 0 saturated heterocycles. The Bertz CT molecular complexity index is 888. The van der Waals surface area contributed by atoms with Crippen LogP contribution in [0.3, 0.4) is 0 Å². The van der Waals surface area contributed by atoms with Gasteiger partial charge in [-0.05, 0) is 29.7 Å². The summed E-state index contributed by atoms with van der Waals surface area (Å²) in [6, 6.07) is 17.0. The van der Waals surface area contributed by atoms with E-state index < -0.39 is 0 Å². The minimum Gasteiger partial charge on any atom is -0.352 e. The zero-order chi connectivity index (χ0) is 13.8. The van der Waals surface area contributed by atoms with Crippen LogP contribution in [0.25, 0.3) is 10.9 Å². The first-order chi connectivity index (χ1) is 10.4. The molecule has 3 aromatic rings. The fourth-order valence-corrected chi connectivity index (χ4v) is 3.52. The number of amidine groups is 1. The lowest BCUT2D eigenvalue weighted by Crippen LogP contribution is -2.39. The summed E-state index contributed by atoms with van der Waals surface area (Å²) in [6.07, 6.45) is 1.08. The monoisotopic (exact) mass is 273 g/mol. The molecule has 0 fully saturated rings. The molecule has 1 N–H and O–H groups in total. The molecule has 0 atom stereocenters.